The molecule has 0 unspecified atom stereocenters. The highest BCUT2D eigenvalue weighted by Crippen LogP contribution is 2.19. The zero-order chi connectivity index (χ0) is 18.9. The maximum Gasteiger partial charge on any atom is 0.224 e. The van der Waals surface area contributed by atoms with Gasteiger partial charge >= 0.3 is 0 Å². The molecule has 0 saturated heterocycles. The highest BCUT2D eigenvalue weighted by Gasteiger charge is 2.13. The van der Waals surface area contributed by atoms with Gasteiger partial charge in [0.15, 0.2) is 0 Å². The summed E-state index contributed by atoms with van der Waals surface area (Å²) in [5.41, 5.74) is 3.06. The summed E-state index contributed by atoms with van der Waals surface area (Å²) in [5, 5.41) is 2.89. The Morgan fingerprint density at radius 1 is 1.12 bits per heavy atom. The van der Waals surface area contributed by atoms with Crippen molar-refractivity contribution < 1.29 is 14.3 Å². The first kappa shape index (κ1) is 19.5. The highest BCUT2D eigenvalue weighted by atomic mass is 16.5. The van der Waals surface area contributed by atoms with Crippen LogP contribution in [0.1, 0.15) is 23.6 Å². The lowest BCUT2D eigenvalue weighted by molar-refractivity contribution is -0.130. The second kappa shape index (κ2) is 9.61. The minimum absolute atomic E-state index is 0.0381. The molecule has 0 radical (unpaired) electrons. The molecule has 2 aromatic carbocycles. The van der Waals surface area contributed by atoms with Crippen molar-refractivity contribution in [3.05, 3.63) is 65.2 Å². The van der Waals surface area contributed by atoms with E-state index in [2.05, 4.69) is 5.32 Å². The van der Waals surface area contributed by atoms with Crippen molar-refractivity contribution in [2.45, 2.75) is 26.8 Å². The van der Waals surface area contributed by atoms with Crippen LogP contribution in [0.2, 0.25) is 0 Å². The van der Waals surface area contributed by atoms with Gasteiger partial charge in [-0.15, -0.1) is 0 Å². The summed E-state index contributed by atoms with van der Waals surface area (Å²) < 4.78 is 5.34. The quantitative estimate of drug-likeness (QED) is 0.793. The molecule has 0 atom stereocenters. The number of carbonyl (C=O) groups is 2. The number of amides is 2. The molecule has 26 heavy (non-hydrogen) atoms. The van der Waals surface area contributed by atoms with Crippen LogP contribution in [0.5, 0.6) is 5.75 Å². The normalized spacial score (nSPS) is 10.3. The number of hydrogen-bond acceptors (Lipinski definition) is 3. The van der Waals surface area contributed by atoms with Gasteiger partial charge in [0, 0.05) is 32.1 Å². The SMILES string of the molecule is COc1ccccc1CN(CCNC(=O)Cc1cccc(C)c1)C(C)=O. The van der Waals surface area contributed by atoms with E-state index >= 15 is 0 Å². The van der Waals surface area contributed by atoms with E-state index in [4.69, 9.17) is 4.74 Å². The van der Waals surface area contributed by atoms with E-state index in [0.717, 1.165) is 22.4 Å². The smallest absolute Gasteiger partial charge is 0.224 e. The van der Waals surface area contributed by atoms with E-state index in [9.17, 15) is 9.59 Å². The van der Waals surface area contributed by atoms with Gasteiger partial charge in [-0.3, -0.25) is 9.59 Å². The molecule has 138 valence electrons. The Labute approximate surface area is 155 Å². The van der Waals surface area contributed by atoms with Gasteiger partial charge in [-0.25, -0.2) is 0 Å². The average Bonchev–Trinajstić information content (AvgIpc) is 2.61. The average molecular weight is 354 g/mol. The van der Waals surface area contributed by atoms with Gasteiger partial charge in [0.05, 0.1) is 13.5 Å². The van der Waals surface area contributed by atoms with E-state index in [-0.39, 0.29) is 11.8 Å². The van der Waals surface area contributed by atoms with Crippen molar-refractivity contribution in [2.75, 3.05) is 20.2 Å². The Hall–Kier alpha value is -2.82. The molecule has 2 aromatic rings. The van der Waals surface area contributed by atoms with E-state index in [1.54, 1.807) is 12.0 Å². The predicted octanol–water partition coefficient (Wildman–Crippen LogP) is 2.71. The maximum atomic E-state index is 12.1. The lowest BCUT2D eigenvalue weighted by Gasteiger charge is -2.22. The number of aryl methyl sites for hydroxylation is 1. The van der Waals surface area contributed by atoms with Gasteiger partial charge in [-0.05, 0) is 18.6 Å². The van der Waals surface area contributed by atoms with Crippen LogP contribution < -0.4 is 10.1 Å². The number of rotatable bonds is 8. The van der Waals surface area contributed by atoms with E-state index in [0.29, 0.717) is 26.1 Å². The van der Waals surface area contributed by atoms with Crippen molar-refractivity contribution >= 4 is 11.8 Å². The molecule has 0 heterocycles. The fourth-order valence-corrected chi connectivity index (χ4v) is 2.79. The summed E-state index contributed by atoms with van der Waals surface area (Å²) in [5.74, 6) is 0.669. The summed E-state index contributed by atoms with van der Waals surface area (Å²) in [6.07, 6.45) is 0.342. The Bertz CT molecular complexity index is 758. The third kappa shape index (κ3) is 5.92. The molecule has 0 saturated carbocycles. The molecule has 1 N–H and O–H groups in total. The fraction of sp³-hybridized carbons (Fsp3) is 0.333. The first-order valence-corrected chi connectivity index (χ1v) is 8.69. The molecule has 5 nitrogen and oxygen atoms in total. The van der Waals surface area contributed by atoms with Crippen LogP contribution in [0.15, 0.2) is 48.5 Å². The Morgan fingerprint density at radius 2 is 1.88 bits per heavy atom. The van der Waals surface area contributed by atoms with Crippen LogP contribution in [0.25, 0.3) is 0 Å². The molecular formula is C21H26N2O3. The fourth-order valence-electron chi connectivity index (χ4n) is 2.79. The summed E-state index contributed by atoms with van der Waals surface area (Å²) in [6.45, 7) is 4.85. The van der Waals surface area contributed by atoms with Crippen LogP contribution in [0.3, 0.4) is 0 Å². The maximum absolute atomic E-state index is 12.1. The molecular weight excluding hydrogens is 328 g/mol. The molecule has 2 rings (SSSR count). The van der Waals surface area contributed by atoms with Crippen molar-refractivity contribution in [1.29, 1.82) is 0 Å². The summed E-state index contributed by atoms with van der Waals surface area (Å²) in [4.78, 5) is 25.7. The number of nitrogens with one attached hydrogen (secondary N) is 1. The topological polar surface area (TPSA) is 58.6 Å². The third-order valence-electron chi connectivity index (χ3n) is 4.15. The third-order valence-corrected chi connectivity index (χ3v) is 4.15. The van der Waals surface area contributed by atoms with Crippen LogP contribution in [-0.2, 0) is 22.6 Å². The Balaban J connectivity index is 1.86. The summed E-state index contributed by atoms with van der Waals surface area (Å²) >= 11 is 0. The van der Waals surface area contributed by atoms with Gasteiger partial charge in [-0.2, -0.15) is 0 Å². The first-order valence-electron chi connectivity index (χ1n) is 8.69. The molecule has 5 heteroatoms. The van der Waals surface area contributed by atoms with E-state index < -0.39 is 0 Å². The summed E-state index contributed by atoms with van der Waals surface area (Å²) in [7, 11) is 1.61. The number of nitrogens with zero attached hydrogens (tertiary/aromatic N) is 1. The van der Waals surface area contributed by atoms with Crippen molar-refractivity contribution in [1.82, 2.24) is 10.2 Å². The van der Waals surface area contributed by atoms with Crippen molar-refractivity contribution in [3.8, 4) is 5.75 Å². The van der Waals surface area contributed by atoms with Gasteiger partial charge in [0.2, 0.25) is 11.8 Å². The van der Waals surface area contributed by atoms with Crippen LogP contribution in [0.4, 0.5) is 0 Å². The Morgan fingerprint density at radius 3 is 2.58 bits per heavy atom. The number of ether oxygens (including phenoxy) is 1. The lowest BCUT2D eigenvalue weighted by atomic mass is 10.1. The number of carbonyl (C=O) groups excluding carboxylic acids is 2. The molecule has 0 aliphatic rings. The first-order chi connectivity index (χ1) is 12.5. The van der Waals surface area contributed by atoms with Gasteiger partial charge < -0.3 is 15.0 Å². The van der Waals surface area contributed by atoms with E-state index in [1.807, 2.05) is 55.5 Å². The standard InChI is InChI=1S/C21H26N2O3/c1-16-7-6-8-18(13-16)14-21(25)22-11-12-23(17(2)24)15-19-9-4-5-10-20(19)26-3/h4-10,13H,11-12,14-15H2,1-3H3,(H,22,25). The molecule has 2 amide bonds. The van der Waals surface area contributed by atoms with Crippen LogP contribution in [0, 0.1) is 6.92 Å². The molecule has 0 aliphatic heterocycles. The second-order valence-corrected chi connectivity index (χ2v) is 6.27. The molecule has 0 fully saturated rings. The summed E-state index contributed by atoms with van der Waals surface area (Å²) in [6, 6.07) is 15.5. The van der Waals surface area contributed by atoms with Crippen molar-refractivity contribution in [2.24, 2.45) is 0 Å². The largest absolute Gasteiger partial charge is 0.496 e. The number of hydrogen-bond donors (Lipinski definition) is 1. The number of benzene rings is 2. The molecule has 0 spiro atoms. The number of methoxy groups -OCH3 is 1. The lowest BCUT2D eigenvalue weighted by Crippen LogP contribution is -2.37. The minimum atomic E-state index is -0.0450. The molecule has 0 bridgehead atoms. The van der Waals surface area contributed by atoms with Crippen LogP contribution in [-0.4, -0.2) is 36.9 Å². The van der Waals surface area contributed by atoms with Gasteiger partial charge in [0.25, 0.3) is 0 Å². The predicted molar refractivity (Wildman–Crippen MR) is 102 cm³/mol. The second-order valence-electron chi connectivity index (χ2n) is 6.27. The monoisotopic (exact) mass is 354 g/mol. The van der Waals surface area contributed by atoms with Crippen molar-refractivity contribution in [3.63, 3.8) is 0 Å². The number of para-hydroxylation sites is 1. The molecule has 0 aromatic heterocycles. The van der Waals surface area contributed by atoms with E-state index in [1.165, 1.54) is 6.92 Å². The highest BCUT2D eigenvalue weighted by molar-refractivity contribution is 5.78. The zero-order valence-electron chi connectivity index (χ0n) is 15.6. The molecule has 0 aliphatic carbocycles. The minimum Gasteiger partial charge on any atom is -0.496 e. The zero-order valence-corrected chi connectivity index (χ0v) is 15.6. The van der Waals surface area contributed by atoms with Gasteiger partial charge in [0.1, 0.15) is 5.75 Å². The Kier molecular flexibility index (Phi) is 7.21. The van der Waals surface area contributed by atoms with Gasteiger partial charge in [-0.1, -0.05) is 48.0 Å². The van der Waals surface area contributed by atoms with Crippen LogP contribution >= 0.6 is 0 Å².